The molecular formula is C12H7Cl2F. The fraction of sp³-hybridized carbons (Fsp3) is 0. The zero-order valence-corrected chi connectivity index (χ0v) is 9.19. The van der Waals surface area contributed by atoms with Gasteiger partial charge in [-0.15, -0.1) is 0 Å². The van der Waals surface area contributed by atoms with E-state index in [9.17, 15) is 4.39 Å². The van der Waals surface area contributed by atoms with Crippen LogP contribution in [-0.4, -0.2) is 0 Å². The topological polar surface area (TPSA) is 0 Å². The minimum absolute atomic E-state index is 0.325. The van der Waals surface area contributed by atoms with Gasteiger partial charge >= 0.3 is 0 Å². The van der Waals surface area contributed by atoms with E-state index in [1.54, 1.807) is 6.07 Å². The smallest absolute Gasteiger partial charge is 0.123 e. The Morgan fingerprint density at radius 1 is 0.800 bits per heavy atom. The van der Waals surface area contributed by atoms with Crippen LogP contribution in [0.5, 0.6) is 0 Å². The molecule has 0 aliphatic heterocycles. The van der Waals surface area contributed by atoms with Crippen LogP contribution in [0, 0.1) is 5.82 Å². The maximum atomic E-state index is 13.1. The van der Waals surface area contributed by atoms with Crippen molar-refractivity contribution in [3.63, 3.8) is 0 Å². The average Bonchev–Trinajstić information content (AvgIpc) is 2.23. The van der Waals surface area contributed by atoms with Crippen LogP contribution in [0.3, 0.4) is 0 Å². The highest BCUT2D eigenvalue weighted by molar-refractivity contribution is 6.36. The van der Waals surface area contributed by atoms with Gasteiger partial charge in [0.1, 0.15) is 5.82 Å². The molecule has 2 rings (SSSR count). The van der Waals surface area contributed by atoms with Gasteiger partial charge in [0.15, 0.2) is 0 Å². The second-order valence-corrected chi connectivity index (χ2v) is 3.92. The Balaban J connectivity index is 2.64. The summed E-state index contributed by atoms with van der Waals surface area (Å²) in [6.45, 7) is 0. The maximum Gasteiger partial charge on any atom is 0.123 e. The van der Waals surface area contributed by atoms with E-state index in [0.29, 0.717) is 15.6 Å². The highest BCUT2D eigenvalue weighted by Crippen LogP contribution is 2.33. The van der Waals surface area contributed by atoms with Crippen molar-refractivity contribution in [2.75, 3.05) is 0 Å². The molecule has 0 aliphatic carbocycles. The van der Waals surface area contributed by atoms with Gasteiger partial charge in [-0.3, -0.25) is 0 Å². The Labute approximate surface area is 97.3 Å². The summed E-state index contributed by atoms with van der Waals surface area (Å²) in [6.07, 6.45) is 0. The zero-order chi connectivity index (χ0) is 10.8. The van der Waals surface area contributed by atoms with E-state index < -0.39 is 0 Å². The molecule has 0 heterocycles. The molecule has 76 valence electrons. The molecule has 2 aromatic carbocycles. The molecule has 0 unspecified atom stereocenters. The molecule has 0 aromatic heterocycles. The monoisotopic (exact) mass is 240 g/mol. The second kappa shape index (κ2) is 4.21. The van der Waals surface area contributed by atoms with Crippen molar-refractivity contribution in [2.45, 2.75) is 0 Å². The molecule has 0 saturated carbocycles. The molecule has 0 fully saturated rings. The highest BCUT2D eigenvalue weighted by Gasteiger charge is 2.07. The molecular weight excluding hydrogens is 234 g/mol. The van der Waals surface area contributed by atoms with Gasteiger partial charge < -0.3 is 0 Å². The lowest BCUT2D eigenvalue weighted by atomic mass is 10.1. The van der Waals surface area contributed by atoms with Crippen LogP contribution in [0.4, 0.5) is 4.39 Å². The van der Waals surface area contributed by atoms with Gasteiger partial charge in [-0.1, -0.05) is 41.4 Å². The van der Waals surface area contributed by atoms with Gasteiger partial charge in [0, 0.05) is 21.2 Å². The highest BCUT2D eigenvalue weighted by atomic mass is 35.5. The SMILES string of the molecule is Fc1ccc(Cl)c(-c2ccccc2Cl)c1. The van der Waals surface area contributed by atoms with Gasteiger partial charge in [-0.05, 0) is 24.3 Å². The van der Waals surface area contributed by atoms with Crippen molar-refractivity contribution in [1.82, 2.24) is 0 Å². The van der Waals surface area contributed by atoms with Crippen LogP contribution in [-0.2, 0) is 0 Å². The van der Waals surface area contributed by atoms with E-state index in [4.69, 9.17) is 23.2 Å². The van der Waals surface area contributed by atoms with Crippen molar-refractivity contribution < 1.29 is 4.39 Å². The van der Waals surface area contributed by atoms with Crippen molar-refractivity contribution in [3.05, 3.63) is 58.3 Å². The Hall–Kier alpha value is -1.05. The van der Waals surface area contributed by atoms with Gasteiger partial charge in [-0.2, -0.15) is 0 Å². The number of hydrogen-bond donors (Lipinski definition) is 0. The first-order valence-corrected chi connectivity index (χ1v) is 5.14. The first-order valence-electron chi connectivity index (χ1n) is 4.38. The molecule has 0 nitrogen and oxygen atoms in total. The van der Waals surface area contributed by atoms with Crippen LogP contribution < -0.4 is 0 Å². The van der Waals surface area contributed by atoms with Crippen LogP contribution in [0.2, 0.25) is 10.0 Å². The Kier molecular flexibility index (Phi) is 2.94. The summed E-state index contributed by atoms with van der Waals surface area (Å²) in [6, 6.07) is 11.4. The molecule has 2 aromatic rings. The van der Waals surface area contributed by atoms with E-state index in [-0.39, 0.29) is 5.82 Å². The largest absolute Gasteiger partial charge is 0.207 e. The van der Waals surface area contributed by atoms with E-state index in [0.717, 1.165) is 5.56 Å². The van der Waals surface area contributed by atoms with Crippen LogP contribution in [0.1, 0.15) is 0 Å². The Morgan fingerprint density at radius 3 is 2.20 bits per heavy atom. The fourth-order valence-corrected chi connectivity index (χ4v) is 1.84. The van der Waals surface area contributed by atoms with Crippen molar-refractivity contribution in [2.24, 2.45) is 0 Å². The predicted molar refractivity (Wildman–Crippen MR) is 61.9 cm³/mol. The second-order valence-electron chi connectivity index (χ2n) is 3.10. The van der Waals surface area contributed by atoms with Gasteiger partial charge in [-0.25, -0.2) is 4.39 Å². The van der Waals surface area contributed by atoms with Crippen molar-refractivity contribution in [3.8, 4) is 11.1 Å². The summed E-state index contributed by atoms with van der Waals surface area (Å²) in [5.74, 6) is -0.325. The third-order valence-corrected chi connectivity index (χ3v) is 2.75. The molecule has 0 amide bonds. The third kappa shape index (κ3) is 2.14. The third-order valence-electron chi connectivity index (χ3n) is 2.09. The number of hydrogen-bond acceptors (Lipinski definition) is 0. The molecule has 0 N–H and O–H groups in total. The Morgan fingerprint density at radius 2 is 1.47 bits per heavy atom. The van der Waals surface area contributed by atoms with Crippen molar-refractivity contribution in [1.29, 1.82) is 0 Å². The van der Waals surface area contributed by atoms with Crippen LogP contribution in [0.15, 0.2) is 42.5 Å². The summed E-state index contributed by atoms with van der Waals surface area (Å²) in [7, 11) is 0. The minimum Gasteiger partial charge on any atom is -0.207 e. The standard InChI is InChI=1S/C12H7Cl2F/c13-11-4-2-1-3-9(11)10-7-8(15)5-6-12(10)14/h1-7H. The summed E-state index contributed by atoms with van der Waals surface area (Å²) < 4.78 is 13.1. The molecule has 15 heavy (non-hydrogen) atoms. The Bertz CT molecular complexity index is 495. The predicted octanol–water partition coefficient (Wildman–Crippen LogP) is 4.80. The molecule has 0 spiro atoms. The lowest BCUT2D eigenvalue weighted by molar-refractivity contribution is 0.628. The van der Waals surface area contributed by atoms with Gasteiger partial charge in [0.05, 0.1) is 0 Å². The van der Waals surface area contributed by atoms with Gasteiger partial charge in [0.2, 0.25) is 0 Å². The quantitative estimate of drug-likeness (QED) is 0.672. The lowest BCUT2D eigenvalue weighted by Gasteiger charge is -2.06. The molecule has 0 bridgehead atoms. The first-order chi connectivity index (χ1) is 7.18. The first kappa shape index (κ1) is 10.5. The number of benzene rings is 2. The summed E-state index contributed by atoms with van der Waals surface area (Å²) in [4.78, 5) is 0. The minimum atomic E-state index is -0.325. The normalized spacial score (nSPS) is 10.3. The summed E-state index contributed by atoms with van der Waals surface area (Å²) in [5.41, 5.74) is 1.35. The van der Waals surface area contributed by atoms with E-state index >= 15 is 0 Å². The average molecular weight is 241 g/mol. The number of rotatable bonds is 1. The van der Waals surface area contributed by atoms with E-state index in [1.807, 2.05) is 18.2 Å². The molecule has 3 heteroatoms. The molecule has 0 radical (unpaired) electrons. The fourth-order valence-electron chi connectivity index (χ4n) is 1.38. The van der Waals surface area contributed by atoms with Crippen LogP contribution >= 0.6 is 23.2 Å². The van der Waals surface area contributed by atoms with Gasteiger partial charge in [0.25, 0.3) is 0 Å². The van der Waals surface area contributed by atoms with Crippen LogP contribution in [0.25, 0.3) is 11.1 Å². The summed E-state index contributed by atoms with van der Waals surface area (Å²) >= 11 is 12.0. The van der Waals surface area contributed by atoms with E-state index in [1.165, 1.54) is 18.2 Å². The van der Waals surface area contributed by atoms with Crippen molar-refractivity contribution >= 4 is 23.2 Å². The molecule has 0 saturated heterocycles. The molecule has 0 aliphatic rings. The molecule has 0 atom stereocenters. The lowest BCUT2D eigenvalue weighted by Crippen LogP contribution is -1.83. The van der Waals surface area contributed by atoms with E-state index in [2.05, 4.69) is 0 Å². The zero-order valence-electron chi connectivity index (χ0n) is 7.68. The maximum absolute atomic E-state index is 13.1. The summed E-state index contributed by atoms with van der Waals surface area (Å²) in [5, 5.41) is 1.05. The number of halogens is 3.